The van der Waals surface area contributed by atoms with Crippen molar-refractivity contribution >= 4 is 15.9 Å². The van der Waals surface area contributed by atoms with E-state index < -0.39 is 0 Å². The van der Waals surface area contributed by atoms with Crippen molar-refractivity contribution in [2.75, 3.05) is 0 Å². The Morgan fingerprint density at radius 2 is 1.70 bits per heavy atom. The van der Waals surface area contributed by atoms with Crippen molar-refractivity contribution in [1.29, 1.82) is 0 Å². The van der Waals surface area contributed by atoms with Crippen LogP contribution in [0.3, 0.4) is 0 Å². The maximum atomic E-state index is 5.78. The predicted molar refractivity (Wildman–Crippen MR) is 88.6 cm³/mol. The second kappa shape index (κ2) is 6.53. The van der Waals surface area contributed by atoms with E-state index in [1.807, 2.05) is 0 Å². The first-order chi connectivity index (χ1) is 9.51. The molecular weight excluding hydrogens is 312 g/mol. The lowest BCUT2D eigenvalue weighted by atomic mass is 9.95. The quantitative estimate of drug-likeness (QED) is 0.652. The van der Waals surface area contributed by atoms with Crippen LogP contribution in [0.4, 0.5) is 0 Å². The highest BCUT2D eigenvalue weighted by molar-refractivity contribution is 9.10. The number of nitrogens with one attached hydrogen (secondary N) is 1. The summed E-state index contributed by atoms with van der Waals surface area (Å²) in [5, 5.41) is 0. The number of nitrogens with two attached hydrogens (primary N) is 1. The molecule has 0 aliphatic carbocycles. The van der Waals surface area contributed by atoms with Crippen LogP contribution in [-0.4, -0.2) is 0 Å². The van der Waals surface area contributed by atoms with Gasteiger partial charge in [0.2, 0.25) is 0 Å². The molecule has 0 amide bonds. The predicted octanol–water partition coefficient (Wildman–Crippen LogP) is 4.12. The topological polar surface area (TPSA) is 38.0 Å². The molecule has 1 unspecified atom stereocenters. The average Bonchev–Trinajstić information content (AvgIpc) is 2.40. The number of hydrogen-bond acceptors (Lipinski definition) is 2. The van der Waals surface area contributed by atoms with Gasteiger partial charge in [0.05, 0.1) is 6.04 Å². The van der Waals surface area contributed by atoms with Gasteiger partial charge in [-0.25, -0.2) is 0 Å². The van der Waals surface area contributed by atoms with E-state index >= 15 is 0 Å². The van der Waals surface area contributed by atoms with Crippen LogP contribution in [0.25, 0.3) is 0 Å². The number of aryl methyl sites for hydroxylation is 3. The zero-order chi connectivity index (χ0) is 14.7. The smallest absolute Gasteiger partial charge is 0.0511 e. The molecule has 0 spiro atoms. The fourth-order valence-electron chi connectivity index (χ4n) is 2.41. The number of hydrogen-bond donors (Lipinski definition) is 2. The van der Waals surface area contributed by atoms with Gasteiger partial charge in [-0.15, -0.1) is 0 Å². The van der Waals surface area contributed by atoms with Crippen molar-refractivity contribution in [3.8, 4) is 0 Å². The molecule has 0 heterocycles. The number of hydrazine groups is 1. The molecule has 2 rings (SSSR count). The van der Waals surface area contributed by atoms with Gasteiger partial charge < -0.3 is 0 Å². The van der Waals surface area contributed by atoms with Crippen LogP contribution in [-0.2, 0) is 6.42 Å². The fraction of sp³-hybridized carbons (Fsp3) is 0.294. The van der Waals surface area contributed by atoms with E-state index in [2.05, 4.69) is 78.5 Å². The maximum Gasteiger partial charge on any atom is 0.0511 e. The molecule has 2 aromatic carbocycles. The molecule has 2 aromatic rings. The first kappa shape index (κ1) is 15.2. The van der Waals surface area contributed by atoms with Gasteiger partial charge in [0.15, 0.2) is 0 Å². The zero-order valence-corrected chi connectivity index (χ0v) is 13.8. The summed E-state index contributed by atoms with van der Waals surface area (Å²) in [6, 6.07) is 13.0. The highest BCUT2D eigenvalue weighted by Gasteiger charge is 2.15. The lowest BCUT2D eigenvalue weighted by Gasteiger charge is -2.20. The largest absolute Gasteiger partial charge is 0.271 e. The van der Waals surface area contributed by atoms with Gasteiger partial charge in [-0.05, 0) is 55.5 Å². The van der Waals surface area contributed by atoms with Gasteiger partial charge in [0, 0.05) is 4.47 Å². The van der Waals surface area contributed by atoms with Crippen LogP contribution in [0, 0.1) is 20.8 Å². The van der Waals surface area contributed by atoms with Crippen LogP contribution < -0.4 is 11.3 Å². The van der Waals surface area contributed by atoms with Crippen molar-refractivity contribution in [2.24, 2.45) is 5.84 Å². The third kappa shape index (κ3) is 3.48. The molecular formula is C17H21BrN2. The minimum Gasteiger partial charge on any atom is -0.271 e. The molecule has 20 heavy (non-hydrogen) atoms. The molecule has 0 fully saturated rings. The van der Waals surface area contributed by atoms with E-state index in [0.717, 1.165) is 10.9 Å². The van der Waals surface area contributed by atoms with Crippen LogP contribution in [0.1, 0.15) is 33.9 Å². The second-order valence-electron chi connectivity index (χ2n) is 5.38. The summed E-state index contributed by atoms with van der Waals surface area (Å²) in [5.74, 6) is 5.78. The van der Waals surface area contributed by atoms with Crippen LogP contribution in [0.2, 0.25) is 0 Å². The van der Waals surface area contributed by atoms with Gasteiger partial charge in [-0.1, -0.05) is 51.8 Å². The Morgan fingerprint density at radius 3 is 2.35 bits per heavy atom. The van der Waals surface area contributed by atoms with E-state index in [1.165, 1.54) is 27.8 Å². The van der Waals surface area contributed by atoms with E-state index in [4.69, 9.17) is 5.84 Å². The van der Waals surface area contributed by atoms with E-state index in [9.17, 15) is 0 Å². The zero-order valence-electron chi connectivity index (χ0n) is 12.2. The highest BCUT2D eigenvalue weighted by atomic mass is 79.9. The van der Waals surface area contributed by atoms with Crippen LogP contribution in [0.15, 0.2) is 40.9 Å². The summed E-state index contributed by atoms with van der Waals surface area (Å²) in [6.07, 6.45) is 0.881. The van der Waals surface area contributed by atoms with Gasteiger partial charge in [0.1, 0.15) is 0 Å². The van der Waals surface area contributed by atoms with Crippen molar-refractivity contribution in [3.63, 3.8) is 0 Å². The van der Waals surface area contributed by atoms with Crippen molar-refractivity contribution in [1.82, 2.24) is 5.43 Å². The fourth-order valence-corrected chi connectivity index (χ4v) is 3.18. The number of rotatable bonds is 4. The maximum absolute atomic E-state index is 5.78. The Kier molecular flexibility index (Phi) is 4.97. The molecule has 0 bridgehead atoms. The molecule has 1 atom stereocenters. The van der Waals surface area contributed by atoms with E-state index in [0.29, 0.717) is 0 Å². The summed E-state index contributed by atoms with van der Waals surface area (Å²) in [6.45, 7) is 6.35. The Labute approximate surface area is 129 Å². The van der Waals surface area contributed by atoms with Gasteiger partial charge in [0.25, 0.3) is 0 Å². The normalized spacial score (nSPS) is 12.4. The summed E-state index contributed by atoms with van der Waals surface area (Å²) < 4.78 is 1.10. The third-order valence-corrected chi connectivity index (χ3v) is 4.35. The van der Waals surface area contributed by atoms with Crippen molar-refractivity contribution in [2.45, 2.75) is 33.2 Å². The summed E-state index contributed by atoms with van der Waals surface area (Å²) >= 11 is 3.64. The second-order valence-corrected chi connectivity index (χ2v) is 6.23. The summed E-state index contributed by atoms with van der Waals surface area (Å²) in [5.41, 5.74) is 9.30. The van der Waals surface area contributed by atoms with Crippen molar-refractivity contribution < 1.29 is 0 Å². The standard InChI is InChI=1S/C17H21BrN2/c1-11-4-6-13(3)14(8-11)10-17(20-19)15-7-5-12(2)9-16(15)18/h4-9,17,20H,10,19H2,1-3H3. The van der Waals surface area contributed by atoms with Gasteiger partial charge >= 0.3 is 0 Å². The molecule has 0 saturated carbocycles. The molecule has 0 radical (unpaired) electrons. The van der Waals surface area contributed by atoms with Gasteiger partial charge in [-0.2, -0.15) is 0 Å². The van der Waals surface area contributed by atoms with Gasteiger partial charge in [-0.3, -0.25) is 11.3 Å². The minimum absolute atomic E-state index is 0.102. The Morgan fingerprint density at radius 1 is 1.05 bits per heavy atom. The molecule has 3 heteroatoms. The SMILES string of the molecule is Cc1ccc(C(Cc2cc(C)ccc2C)NN)c(Br)c1. The molecule has 0 aliphatic rings. The minimum atomic E-state index is 0.102. The monoisotopic (exact) mass is 332 g/mol. The summed E-state index contributed by atoms with van der Waals surface area (Å²) in [7, 11) is 0. The highest BCUT2D eigenvalue weighted by Crippen LogP contribution is 2.27. The molecule has 106 valence electrons. The lowest BCUT2D eigenvalue weighted by Crippen LogP contribution is -2.30. The first-order valence-corrected chi connectivity index (χ1v) is 7.59. The molecule has 2 nitrogen and oxygen atoms in total. The Balaban J connectivity index is 2.31. The molecule has 0 aromatic heterocycles. The molecule has 0 saturated heterocycles. The van der Waals surface area contributed by atoms with E-state index in [-0.39, 0.29) is 6.04 Å². The van der Waals surface area contributed by atoms with E-state index in [1.54, 1.807) is 0 Å². The summed E-state index contributed by atoms with van der Waals surface area (Å²) in [4.78, 5) is 0. The number of benzene rings is 2. The Hall–Kier alpha value is -1.16. The lowest BCUT2D eigenvalue weighted by molar-refractivity contribution is 0.548. The third-order valence-electron chi connectivity index (χ3n) is 3.66. The van der Waals surface area contributed by atoms with Crippen molar-refractivity contribution in [3.05, 3.63) is 68.7 Å². The molecule has 3 N–H and O–H groups in total. The number of halogens is 1. The van der Waals surface area contributed by atoms with Crippen LogP contribution >= 0.6 is 15.9 Å². The molecule has 0 aliphatic heterocycles. The van der Waals surface area contributed by atoms with Crippen LogP contribution in [0.5, 0.6) is 0 Å². The average molecular weight is 333 g/mol. The first-order valence-electron chi connectivity index (χ1n) is 6.79. The Bertz CT molecular complexity index is 608.